The van der Waals surface area contributed by atoms with Crippen LogP contribution in [0.25, 0.3) is 10.9 Å². The van der Waals surface area contributed by atoms with E-state index in [4.69, 9.17) is 11.6 Å². The molecule has 1 aromatic heterocycles. The fraction of sp³-hybridized carbons (Fsp3) is 0.400. The maximum atomic E-state index is 5.98. The molecule has 1 N–H and O–H groups in total. The summed E-state index contributed by atoms with van der Waals surface area (Å²) in [6.45, 7) is 4.96. The third-order valence-corrected chi connectivity index (χ3v) is 3.14. The van der Waals surface area contributed by atoms with Gasteiger partial charge in [0, 0.05) is 23.3 Å². The van der Waals surface area contributed by atoms with Crippen LogP contribution in [0.5, 0.6) is 0 Å². The summed E-state index contributed by atoms with van der Waals surface area (Å²) in [6.07, 6.45) is 0.967. The summed E-state index contributed by atoms with van der Waals surface area (Å²) in [4.78, 5) is 4.63. The molecule has 0 fully saturated rings. The van der Waals surface area contributed by atoms with Gasteiger partial charge in [0.2, 0.25) is 0 Å². The van der Waals surface area contributed by atoms with Gasteiger partial charge in [0.15, 0.2) is 0 Å². The Bertz CT molecular complexity index is 511. The highest BCUT2D eigenvalue weighted by atomic mass is 35.5. The number of pyridine rings is 1. The Labute approximate surface area is 113 Å². The van der Waals surface area contributed by atoms with E-state index in [1.54, 1.807) is 0 Å². The normalized spacial score (nSPS) is 14.6. The Kier molecular flexibility index (Phi) is 4.56. The van der Waals surface area contributed by atoms with Crippen LogP contribution in [-0.4, -0.2) is 16.4 Å². The minimum Gasteiger partial charge on any atom is -0.309 e. The number of nitrogens with one attached hydrogen (secondary N) is 1. The second kappa shape index (κ2) is 6.17. The molecule has 2 rings (SSSR count). The Morgan fingerprint density at radius 1 is 1.17 bits per heavy atom. The Morgan fingerprint density at radius 3 is 2.72 bits per heavy atom. The molecule has 96 valence electrons. The number of rotatable bonds is 5. The van der Waals surface area contributed by atoms with Gasteiger partial charge in [-0.25, -0.2) is 0 Å². The zero-order chi connectivity index (χ0) is 13.0. The summed E-state index contributed by atoms with van der Waals surface area (Å²) < 4.78 is 0. The number of para-hydroxylation sites is 1. The van der Waals surface area contributed by atoms with Crippen molar-refractivity contribution < 1.29 is 0 Å². The average Bonchev–Trinajstić information content (AvgIpc) is 2.35. The molecule has 0 saturated carbocycles. The van der Waals surface area contributed by atoms with Crippen molar-refractivity contribution in [3.05, 3.63) is 42.1 Å². The van der Waals surface area contributed by atoms with E-state index in [0.717, 1.165) is 24.2 Å². The van der Waals surface area contributed by atoms with E-state index in [9.17, 15) is 0 Å². The molecule has 0 bridgehead atoms. The van der Waals surface area contributed by atoms with E-state index < -0.39 is 0 Å². The van der Waals surface area contributed by atoms with Crippen LogP contribution in [0.1, 0.15) is 26.0 Å². The fourth-order valence-electron chi connectivity index (χ4n) is 2.06. The van der Waals surface area contributed by atoms with E-state index in [2.05, 4.69) is 35.4 Å². The highest BCUT2D eigenvalue weighted by molar-refractivity contribution is 6.20. The van der Waals surface area contributed by atoms with Crippen molar-refractivity contribution in [1.82, 2.24) is 10.3 Å². The zero-order valence-corrected chi connectivity index (χ0v) is 11.6. The van der Waals surface area contributed by atoms with Crippen LogP contribution < -0.4 is 5.32 Å². The van der Waals surface area contributed by atoms with Crippen LogP contribution >= 0.6 is 11.6 Å². The van der Waals surface area contributed by atoms with Gasteiger partial charge in [0.25, 0.3) is 0 Å². The number of hydrogen-bond donors (Lipinski definition) is 1. The molecule has 2 unspecified atom stereocenters. The number of fused-ring (bicyclic) bond motifs is 1. The molecule has 0 aliphatic carbocycles. The quantitative estimate of drug-likeness (QED) is 0.831. The first kappa shape index (κ1) is 13.3. The van der Waals surface area contributed by atoms with Gasteiger partial charge in [-0.2, -0.15) is 0 Å². The highest BCUT2D eigenvalue weighted by Gasteiger charge is 2.06. The maximum Gasteiger partial charge on any atom is 0.0705 e. The van der Waals surface area contributed by atoms with Gasteiger partial charge in [-0.3, -0.25) is 4.98 Å². The lowest BCUT2D eigenvalue weighted by Crippen LogP contribution is -2.27. The number of aromatic nitrogens is 1. The van der Waals surface area contributed by atoms with Crippen molar-refractivity contribution in [1.29, 1.82) is 0 Å². The lowest BCUT2D eigenvalue weighted by Gasteiger charge is -2.14. The third kappa shape index (κ3) is 3.69. The number of halogens is 1. The van der Waals surface area contributed by atoms with E-state index in [1.807, 2.05) is 25.1 Å². The minimum atomic E-state index is 0.206. The largest absolute Gasteiger partial charge is 0.309 e. The molecule has 0 aliphatic heterocycles. The average molecular weight is 263 g/mol. The second-order valence-corrected chi connectivity index (χ2v) is 5.54. The van der Waals surface area contributed by atoms with Crippen LogP contribution in [0, 0.1) is 0 Å². The lowest BCUT2D eigenvalue weighted by atomic mass is 10.1. The van der Waals surface area contributed by atoms with E-state index in [-0.39, 0.29) is 5.38 Å². The third-order valence-electron chi connectivity index (χ3n) is 2.97. The Hall–Kier alpha value is -1.12. The number of alkyl halides is 1. The Morgan fingerprint density at radius 2 is 1.94 bits per heavy atom. The standard InChI is InChI=1S/C15H19ClN2/c1-11(16)9-12(2)17-10-14-8-7-13-5-3-4-6-15(13)18-14/h3-8,11-12,17H,9-10H2,1-2H3. The monoisotopic (exact) mass is 262 g/mol. The van der Waals surface area contributed by atoms with Crippen LogP contribution in [-0.2, 0) is 6.54 Å². The summed E-state index contributed by atoms with van der Waals surface area (Å²) in [6, 6.07) is 12.8. The van der Waals surface area contributed by atoms with Gasteiger partial charge >= 0.3 is 0 Å². The summed E-state index contributed by atoms with van der Waals surface area (Å²) in [7, 11) is 0. The summed E-state index contributed by atoms with van der Waals surface area (Å²) in [5.74, 6) is 0. The SMILES string of the molecule is CC(Cl)CC(C)NCc1ccc2ccccc2n1. The first-order chi connectivity index (χ1) is 8.65. The summed E-state index contributed by atoms with van der Waals surface area (Å²) >= 11 is 5.98. The molecule has 0 spiro atoms. The topological polar surface area (TPSA) is 24.9 Å². The molecular formula is C15H19ClN2. The molecule has 1 heterocycles. The van der Waals surface area contributed by atoms with E-state index in [1.165, 1.54) is 5.39 Å². The summed E-state index contributed by atoms with van der Waals surface area (Å²) in [5.41, 5.74) is 2.12. The van der Waals surface area contributed by atoms with Gasteiger partial charge in [-0.05, 0) is 32.4 Å². The molecule has 2 atom stereocenters. The molecule has 0 amide bonds. The van der Waals surface area contributed by atoms with Gasteiger partial charge in [0.05, 0.1) is 11.2 Å². The fourth-order valence-corrected chi connectivity index (χ4v) is 2.32. The number of benzene rings is 1. The first-order valence-electron chi connectivity index (χ1n) is 6.37. The number of nitrogens with zero attached hydrogens (tertiary/aromatic N) is 1. The summed E-state index contributed by atoms with van der Waals surface area (Å²) in [5, 5.41) is 4.84. The van der Waals surface area contributed by atoms with Gasteiger partial charge in [-0.1, -0.05) is 24.3 Å². The lowest BCUT2D eigenvalue weighted by molar-refractivity contribution is 0.508. The van der Waals surface area contributed by atoms with Crippen molar-refractivity contribution in [3.8, 4) is 0 Å². The van der Waals surface area contributed by atoms with Crippen LogP contribution in [0.2, 0.25) is 0 Å². The van der Waals surface area contributed by atoms with Crippen molar-refractivity contribution in [3.63, 3.8) is 0 Å². The smallest absolute Gasteiger partial charge is 0.0705 e. The van der Waals surface area contributed by atoms with Crippen molar-refractivity contribution in [2.45, 2.75) is 38.2 Å². The van der Waals surface area contributed by atoms with E-state index >= 15 is 0 Å². The molecule has 1 aromatic carbocycles. The molecule has 0 aliphatic rings. The van der Waals surface area contributed by atoms with Gasteiger partial charge < -0.3 is 5.32 Å². The predicted octanol–water partition coefficient (Wildman–Crippen LogP) is 3.73. The predicted molar refractivity (Wildman–Crippen MR) is 78.0 cm³/mol. The van der Waals surface area contributed by atoms with Gasteiger partial charge in [-0.15, -0.1) is 11.6 Å². The molecular weight excluding hydrogens is 244 g/mol. The zero-order valence-electron chi connectivity index (χ0n) is 10.9. The van der Waals surface area contributed by atoms with E-state index in [0.29, 0.717) is 6.04 Å². The molecule has 0 saturated heterocycles. The minimum absolute atomic E-state index is 0.206. The van der Waals surface area contributed by atoms with Crippen LogP contribution in [0.4, 0.5) is 0 Å². The first-order valence-corrected chi connectivity index (χ1v) is 6.81. The van der Waals surface area contributed by atoms with Crippen LogP contribution in [0.3, 0.4) is 0 Å². The van der Waals surface area contributed by atoms with Crippen molar-refractivity contribution in [2.24, 2.45) is 0 Å². The van der Waals surface area contributed by atoms with Gasteiger partial charge in [0.1, 0.15) is 0 Å². The number of hydrogen-bond acceptors (Lipinski definition) is 2. The Balaban J connectivity index is 1.99. The molecule has 2 aromatic rings. The molecule has 18 heavy (non-hydrogen) atoms. The van der Waals surface area contributed by atoms with Crippen molar-refractivity contribution >= 4 is 22.5 Å². The second-order valence-electron chi connectivity index (χ2n) is 4.79. The molecule has 3 heteroatoms. The van der Waals surface area contributed by atoms with Crippen LogP contribution in [0.15, 0.2) is 36.4 Å². The molecule has 0 radical (unpaired) electrons. The van der Waals surface area contributed by atoms with Crippen molar-refractivity contribution in [2.75, 3.05) is 0 Å². The maximum absolute atomic E-state index is 5.98. The highest BCUT2D eigenvalue weighted by Crippen LogP contribution is 2.12. The molecule has 2 nitrogen and oxygen atoms in total.